The number of rotatable bonds is 1. The van der Waals surface area contributed by atoms with E-state index in [0.717, 1.165) is 25.0 Å². The van der Waals surface area contributed by atoms with Crippen LogP contribution in [0.15, 0.2) is 0 Å². The number of carbonyl (C=O) groups is 2. The SMILES string of the molecule is O=C1CC(c2n[nH]c3c2CCCC3)CC(=O)O1. The molecule has 0 radical (unpaired) electrons. The lowest BCUT2D eigenvalue weighted by atomic mass is 9.87. The van der Waals surface area contributed by atoms with E-state index in [-0.39, 0.29) is 18.8 Å². The number of nitrogens with one attached hydrogen (secondary N) is 1. The monoisotopic (exact) mass is 234 g/mol. The second-order valence-electron chi connectivity index (χ2n) is 4.72. The zero-order valence-electron chi connectivity index (χ0n) is 9.49. The van der Waals surface area contributed by atoms with Gasteiger partial charge >= 0.3 is 11.9 Å². The summed E-state index contributed by atoms with van der Waals surface area (Å²) >= 11 is 0. The van der Waals surface area contributed by atoms with Crippen LogP contribution >= 0.6 is 0 Å². The summed E-state index contributed by atoms with van der Waals surface area (Å²) in [6, 6.07) is 0. The maximum absolute atomic E-state index is 11.3. The van der Waals surface area contributed by atoms with E-state index in [1.165, 1.54) is 17.7 Å². The lowest BCUT2D eigenvalue weighted by Gasteiger charge is -2.20. The first kappa shape index (κ1) is 10.5. The van der Waals surface area contributed by atoms with Gasteiger partial charge in [0.1, 0.15) is 0 Å². The number of aromatic amines is 1. The molecule has 2 heterocycles. The largest absolute Gasteiger partial charge is 0.393 e. The summed E-state index contributed by atoms with van der Waals surface area (Å²) in [5.41, 5.74) is 3.31. The molecule has 90 valence electrons. The maximum atomic E-state index is 11.3. The Morgan fingerprint density at radius 1 is 1.12 bits per heavy atom. The molecule has 17 heavy (non-hydrogen) atoms. The Balaban J connectivity index is 1.90. The number of esters is 2. The van der Waals surface area contributed by atoms with Gasteiger partial charge < -0.3 is 4.74 Å². The molecular formula is C12H14N2O3. The number of nitrogens with zero attached hydrogens (tertiary/aromatic N) is 1. The van der Waals surface area contributed by atoms with Gasteiger partial charge in [0.25, 0.3) is 0 Å². The van der Waals surface area contributed by atoms with Crippen LogP contribution in [-0.4, -0.2) is 22.1 Å². The number of aryl methyl sites for hydroxylation is 1. The smallest absolute Gasteiger partial charge is 0.314 e. The van der Waals surface area contributed by atoms with Gasteiger partial charge in [-0.1, -0.05) is 0 Å². The fraction of sp³-hybridized carbons (Fsp3) is 0.583. The van der Waals surface area contributed by atoms with E-state index in [4.69, 9.17) is 0 Å². The summed E-state index contributed by atoms with van der Waals surface area (Å²) in [6.45, 7) is 0. The van der Waals surface area contributed by atoms with Gasteiger partial charge in [0.2, 0.25) is 0 Å². The van der Waals surface area contributed by atoms with E-state index in [2.05, 4.69) is 14.9 Å². The van der Waals surface area contributed by atoms with Crippen molar-refractivity contribution in [3.8, 4) is 0 Å². The molecule has 1 saturated heterocycles. The fourth-order valence-corrected chi connectivity index (χ4v) is 2.72. The average molecular weight is 234 g/mol. The molecule has 5 heteroatoms. The normalized spacial score (nSPS) is 21.2. The average Bonchev–Trinajstić information content (AvgIpc) is 2.71. The van der Waals surface area contributed by atoms with Gasteiger partial charge in [0.15, 0.2) is 0 Å². The molecule has 0 amide bonds. The minimum atomic E-state index is -0.432. The standard InChI is InChI=1S/C12H14N2O3/c15-10-5-7(6-11(16)17-10)12-8-3-1-2-4-9(8)13-14-12/h7H,1-6H2,(H,13,14). The molecule has 3 rings (SSSR count). The predicted molar refractivity (Wildman–Crippen MR) is 58.3 cm³/mol. The maximum Gasteiger partial charge on any atom is 0.314 e. The van der Waals surface area contributed by atoms with Crippen molar-refractivity contribution >= 4 is 11.9 Å². The van der Waals surface area contributed by atoms with Gasteiger partial charge in [-0.25, -0.2) is 0 Å². The van der Waals surface area contributed by atoms with Crippen LogP contribution in [0.1, 0.15) is 48.6 Å². The molecule has 0 atom stereocenters. The van der Waals surface area contributed by atoms with Crippen LogP contribution in [0.3, 0.4) is 0 Å². The third kappa shape index (κ3) is 1.85. The van der Waals surface area contributed by atoms with E-state index in [0.29, 0.717) is 0 Å². The second-order valence-corrected chi connectivity index (χ2v) is 4.72. The zero-order valence-corrected chi connectivity index (χ0v) is 9.49. The summed E-state index contributed by atoms with van der Waals surface area (Å²) < 4.78 is 4.54. The molecule has 1 aromatic heterocycles. The quantitative estimate of drug-likeness (QED) is 0.586. The van der Waals surface area contributed by atoms with Gasteiger partial charge in [-0.05, 0) is 31.2 Å². The first-order valence-corrected chi connectivity index (χ1v) is 6.03. The molecule has 0 bridgehead atoms. The van der Waals surface area contributed by atoms with Crippen LogP contribution < -0.4 is 0 Å². The van der Waals surface area contributed by atoms with E-state index in [1.807, 2.05) is 0 Å². The Hall–Kier alpha value is -1.65. The molecule has 0 spiro atoms. The van der Waals surface area contributed by atoms with Crippen LogP contribution in [0.2, 0.25) is 0 Å². The van der Waals surface area contributed by atoms with Crippen molar-refractivity contribution in [1.29, 1.82) is 0 Å². The number of H-pyrrole nitrogens is 1. The zero-order chi connectivity index (χ0) is 11.8. The Morgan fingerprint density at radius 3 is 2.59 bits per heavy atom. The highest BCUT2D eigenvalue weighted by atomic mass is 16.6. The number of hydrogen-bond donors (Lipinski definition) is 1. The van der Waals surface area contributed by atoms with Crippen molar-refractivity contribution in [2.45, 2.75) is 44.4 Å². The molecule has 2 aliphatic rings. The molecule has 1 aliphatic heterocycles. The minimum absolute atomic E-state index is 0.0955. The highest BCUT2D eigenvalue weighted by Gasteiger charge is 2.32. The molecule has 0 saturated carbocycles. The van der Waals surface area contributed by atoms with Crippen LogP contribution in [0, 0.1) is 0 Å². The molecule has 1 fully saturated rings. The summed E-state index contributed by atoms with van der Waals surface area (Å²) in [7, 11) is 0. The predicted octanol–water partition coefficient (Wildman–Crippen LogP) is 1.24. The van der Waals surface area contributed by atoms with E-state index in [9.17, 15) is 9.59 Å². The molecule has 0 aromatic carbocycles. The van der Waals surface area contributed by atoms with Crippen molar-refractivity contribution in [3.63, 3.8) is 0 Å². The number of hydrogen-bond acceptors (Lipinski definition) is 4. The third-order valence-corrected chi connectivity index (χ3v) is 3.53. The topological polar surface area (TPSA) is 72.0 Å². The van der Waals surface area contributed by atoms with Gasteiger partial charge in [-0.15, -0.1) is 0 Å². The van der Waals surface area contributed by atoms with Crippen LogP contribution in [0.5, 0.6) is 0 Å². The summed E-state index contributed by atoms with van der Waals surface area (Å²) in [6.07, 6.45) is 4.89. The Morgan fingerprint density at radius 2 is 1.82 bits per heavy atom. The molecule has 0 unspecified atom stereocenters. The van der Waals surface area contributed by atoms with Crippen LogP contribution in [0.25, 0.3) is 0 Å². The van der Waals surface area contributed by atoms with E-state index in [1.54, 1.807) is 0 Å². The number of carbonyl (C=O) groups excluding carboxylic acids is 2. The van der Waals surface area contributed by atoms with Crippen molar-refractivity contribution in [1.82, 2.24) is 10.2 Å². The first-order chi connectivity index (χ1) is 8.24. The molecule has 1 aromatic rings. The van der Waals surface area contributed by atoms with Crippen molar-refractivity contribution in [3.05, 3.63) is 17.0 Å². The number of fused-ring (bicyclic) bond motifs is 1. The summed E-state index contributed by atoms with van der Waals surface area (Å²) in [5, 5.41) is 7.35. The lowest BCUT2D eigenvalue weighted by Crippen LogP contribution is -2.25. The van der Waals surface area contributed by atoms with Gasteiger partial charge in [-0.3, -0.25) is 14.7 Å². The lowest BCUT2D eigenvalue weighted by molar-refractivity contribution is -0.164. The molecule has 1 aliphatic carbocycles. The van der Waals surface area contributed by atoms with Crippen molar-refractivity contribution < 1.29 is 14.3 Å². The second kappa shape index (κ2) is 3.98. The highest BCUT2D eigenvalue weighted by molar-refractivity contribution is 5.89. The van der Waals surface area contributed by atoms with E-state index >= 15 is 0 Å². The van der Waals surface area contributed by atoms with Crippen LogP contribution in [-0.2, 0) is 27.2 Å². The van der Waals surface area contributed by atoms with Crippen molar-refractivity contribution in [2.24, 2.45) is 0 Å². The summed E-state index contributed by atoms with van der Waals surface area (Å²) in [5.74, 6) is -0.959. The van der Waals surface area contributed by atoms with Crippen LogP contribution in [0.4, 0.5) is 0 Å². The fourth-order valence-electron chi connectivity index (χ4n) is 2.72. The molecular weight excluding hydrogens is 220 g/mol. The highest BCUT2D eigenvalue weighted by Crippen LogP contribution is 2.33. The van der Waals surface area contributed by atoms with E-state index < -0.39 is 11.9 Å². The molecule has 1 N–H and O–H groups in total. The van der Waals surface area contributed by atoms with Gasteiger partial charge in [0, 0.05) is 11.6 Å². The minimum Gasteiger partial charge on any atom is -0.393 e. The first-order valence-electron chi connectivity index (χ1n) is 6.03. The summed E-state index contributed by atoms with van der Waals surface area (Å²) in [4.78, 5) is 22.5. The molecule has 5 nitrogen and oxygen atoms in total. The Labute approximate surface area is 98.5 Å². The number of cyclic esters (lactones) is 2. The third-order valence-electron chi connectivity index (χ3n) is 3.53. The van der Waals surface area contributed by atoms with Crippen molar-refractivity contribution in [2.75, 3.05) is 0 Å². The van der Waals surface area contributed by atoms with Gasteiger partial charge in [-0.2, -0.15) is 5.10 Å². The Kier molecular flexibility index (Phi) is 2.46. The number of aromatic nitrogens is 2. The Bertz CT molecular complexity index is 462. The van der Waals surface area contributed by atoms with Gasteiger partial charge in [0.05, 0.1) is 18.5 Å². The number of ether oxygens (including phenoxy) is 1.